The number of rotatable bonds is 6. The average molecular weight is 420 g/mol. The third kappa shape index (κ3) is 5.47. The number of carbonyl (C=O) groups excluding carboxylic acids is 1. The summed E-state index contributed by atoms with van der Waals surface area (Å²) in [5, 5.41) is 0. The predicted molar refractivity (Wildman–Crippen MR) is 118 cm³/mol. The predicted octanol–water partition coefficient (Wildman–Crippen LogP) is 4.88. The van der Waals surface area contributed by atoms with Gasteiger partial charge in [-0.15, -0.1) is 0 Å². The summed E-state index contributed by atoms with van der Waals surface area (Å²) in [5.74, 6) is -0.111. The van der Waals surface area contributed by atoms with Gasteiger partial charge in [0.2, 0.25) is 11.8 Å². The van der Waals surface area contributed by atoms with Crippen LogP contribution in [0.2, 0.25) is 0 Å². The van der Waals surface area contributed by atoms with E-state index >= 15 is 0 Å². The van der Waals surface area contributed by atoms with Gasteiger partial charge in [-0.05, 0) is 67.6 Å². The highest BCUT2D eigenvalue weighted by Crippen LogP contribution is 2.29. The third-order valence-electron chi connectivity index (χ3n) is 5.73. The number of likely N-dealkylation sites (tertiary alicyclic amines) is 1. The zero-order valence-electron chi connectivity index (χ0n) is 17.3. The van der Waals surface area contributed by atoms with Crippen molar-refractivity contribution in [2.75, 3.05) is 13.1 Å². The number of pyridine rings is 1. The fourth-order valence-electron chi connectivity index (χ4n) is 4.06. The highest BCUT2D eigenvalue weighted by Gasteiger charge is 2.19. The van der Waals surface area contributed by atoms with Crippen LogP contribution in [0.15, 0.2) is 66.9 Å². The molecule has 0 bridgehead atoms. The molecular weight excluding hydrogens is 393 g/mol. The zero-order chi connectivity index (χ0) is 21.6. The second-order valence-electron chi connectivity index (χ2n) is 7.93. The Hall–Kier alpha value is -3.25. The number of nitrogens with two attached hydrogens (primary N) is 1. The molecule has 1 fully saturated rings. The molecule has 2 heterocycles. The van der Waals surface area contributed by atoms with Gasteiger partial charge in [0.15, 0.2) is 11.6 Å². The Morgan fingerprint density at radius 3 is 2.65 bits per heavy atom. The summed E-state index contributed by atoms with van der Waals surface area (Å²) in [4.78, 5) is 17.5. The molecule has 0 radical (unpaired) electrons. The van der Waals surface area contributed by atoms with Gasteiger partial charge in [-0.3, -0.25) is 9.69 Å². The Labute approximate surface area is 181 Å². The SMILES string of the molecule is NC(=O)c1ccc(Oc2ccc(CN3CCCC(c4ccccc4)CC3)cc2F)nc1. The van der Waals surface area contributed by atoms with E-state index in [1.807, 2.05) is 6.07 Å². The van der Waals surface area contributed by atoms with Crippen molar-refractivity contribution in [1.82, 2.24) is 9.88 Å². The first kappa shape index (κ1) is 21.0. The number of carbonyl (C=O) groups is 1. The number of aromatic nitrogens is 1. The number of primary amides is 1. The molecule has 0 aliphatic carbocycles. The molecule has 1 amide bonds. The number of halogens is 1. The molecule has 1 aliphatic heterocycles. The summed E-state index contributed by atoms with van der Waals surface area (Å²) in [5.41, 5.74) is 7.80. The summed E-state index contributed by atoms with van der Waals surface area (Å²) in [7, 11) is 0. The minimum atomic E-state index is -0.571. The highest BCUT2D eigenvalue weighted by molar-refractivity contribution is 5.92. The van der Waals surface area contributed by atoms with Gasteiger partial charge in [0.05, 0.1) is 5.56 Å². The Morgan fingerprint density at radius 2 is 1.94 bits per heavy atom. The quantitative estimate of drug-likeness (QED) is 0.618. The first-order chi connectivity index (χ1) is 15.1. The average Bonchev–Trinajstić information content (AvgIpc) is 3.02. The maximum Gasteiger partial charge on any atom is 0.250 e. The monoisotopic (exact) mass is 419 g/mol. The molecule has 5 nitrogen and oxygen atoms in total. The summed E-state index contributed by atoms with van der Waals surface area (Å²) < 4.78 is 20.1. The van der Waals surface area contributed by atoms with Crippen molar-refractivity contribution in [3.05, 3.63) is 89.4 Å². The maximum atomic E-state index is 14.6. The molecule has 1 unspecified atom stereocenters. The van der Waals surface area contributed by atoms with E-state index in [-0.39, 0.29) is 17.2 Å². The van der Waals surface area contributed by atoms with Crippen LogP contribution in [0.4, 0.5) is 4.39 Å². The molecule has 31 heavy (non-hydrogen) atoms. The van der Waals surface area contributed by atoms with Gasteiger partial charge in [-0.25, -0.2) is 9.37 Å². The number of hydrogen-bond donors (Lipinski definition) is 1. The first-order valence-electron chi connectivity index (χ1n) is 10.6. The van der Waals surface area contributed by atoms with E-state index in [0.29, 0.717) is 12.5 Å². The molecule has 1 aliphatic rings. The van der Waals surface area contributed by atoms with Gasteiger partial charge >= 0.3 is 0 Å². The molecule has 1 aromatic heterocycles. The van der Waals surface area contributed by atoms with Crippen LogP contribution in [0.5, 0.6) is 11.6 Å². The Morgan fingerprint density at radius 1 is 1.10 bits per heavy atom. The smallest absolute Gasteiger partial charge is 0.250 e. The summed E-state index contributed by atoms with van der Waals surface area (Å²) in [6.07, 6.45) is 4.74. The van der Waals surface area contributed by atoms with Crippen LogP contribution in [0.25, 0.3) is 0 Å². The number of amides is 1. The van der Waals surface area contributed by atoms with Crippen molar-refractivity contribution in [2.45, 2.75) is 31.7 Å². The molecule has 160 valence electrons. The summed E-state index contributed by atoms with van der Waals surface area (Å²) in [6.45, 7) is 2.72. The van der Waals surface area contributed by atoms with Crippen molar-refractivity contribution in [1.29, 1.82) is 0 Å². The summed E-state index contributed by atoms with van der Waals surface area (Å²) in [6, 6.07) is 18.7. The minimum Gasteiger partial charge on any atom is -0.436 e. The van der Waals surface area contributed by atoms with E-state index in [2.05, 4.69) is 40.2 Å². The van der Waals surface area contributed by atoms with Gasteiger partial charge in [-0.1, -0.05) is 36.4 Å². The van der Waals surface area contributed by atoms with Crippen LogP contribution < -0.4 is 10.5 Å². The first-order valence-corrected chi connectivity index (χ1v) is 10.6. The van der Waals surface area contributed by atoms with Crippen molar-refractivity contribution in [3.8, 4) is 11.6 Å². The molecule has 4 rings (SSSR count). The molecule has 2 aromatic carbocycles. The normalized spacial score (nSPS) is 17.1. The largest absolute Gasteiger partial charge is 0.436 e. The van der Waals surface area contributed by atoms with E-state index < -0.39 is 11.7 Å². The minimum absolute atomic E-state index is 0.100. The van der Waals surface area contributed by atoms with Crippen LogP contribution >= 0.6 is 0 Å². The molecule has 0 saturated carbocycles. The lowest BCUT2D eigenvalue weighted by molar-refractivity contribution is 0.1000. The standard InChI is InChI=1S/C25H26FN3O2/c26-22-15-18(8-10-23(22)31-24-11-9-21(16-28-24)25(27)30)17-29-13-4-7-20(12-14-29)19-5-2-1-3-6-19/h1-3,5-6,8-11,15-16,20H,4,7,12-14,17H2,(H2,27,30). The van der Waals surface area contributed by atoms with Crippen LogP contribution in [0, 0.1) is 5.82 Å². The molecule has 1 saturated heterocycles. The lowest BCUT2D eigenvalue weighted by atomic mass is 9.92. The second-order valence-corrected chi connectivity index (χ2v) is 7.93. The fourth-order valence-corrected chi connectivity index (χ4v) is 4.06. The van der Waals surface area contributed by atoms with Crippen molar-refractivity contribution in [3.63, 3.8) is 0 Å². The fraction of sp³-hybridized carbons (Fsp3) is 0.280. The molecule has 6 heteroatoms. The molecule has 0 spiro atoms. The Balaban J connectivity index is 1.36. The van der Waals surface area contributed by atoms with Crippen molar-refractivity contribution >= 4 is 5.91 Å². The molecule has 2 N–H and O–H groups in total. The van der Waals surface area contributed by atoms with E-state index in [9.17, 15) is 9.18 Å². The van der Waals surface area contributed by atoms with Crippen LogP contribution in [0.3, 0.4) is 0 Å². The van der Waals surface area contributed by atoms with E-state index in [4.69, 9.17) is 10.5 Å². The van der Waals surface area contributed by atoms with Crippen molar-refractivity contribution < 1.29 is 13.9 Å². The van der Waals surface area contributed by atoms with Crippen LogP contribution in [0.1, 0.15) is 46.7 Å². The summed E-state index contributed by atoms with van der Waals surface area (Å²) >= 11 is 0. The molecule has 1 atom stereocenters. The third-order valence-corrected chi connectivity index (χ3v) is 5.73. The van der Waals surface area contributed by atoms with Gasteiger partial charge < -0.3 is 10.5 Å². The van der Waals surface area contributed by atoms with Crippen LogP contribution in [-0.4, -0.2) is 28.9 Å². The molecular formula is C25H26FN3O2. The van der Waals surface area contributed by atoms with Gasteiger partial charge in [0, 0.05) is 18.8 Å². The maximum absolute atomic E-state index is 14.6. The zero-order valence-corrected chi connectivity index (χ0v) is 17.3. The highest BCUT2D eigenvalue weighted by atomic mass is 19.1. The number of hydrogen-bond acceptors (Lipinski definition) is 4. The lowest BCUT2D eigenvalue weighted by Gasteiger charge is -2.20. The Bertz CT molecular complexity index is 1020. The van der Waals surface area contributed by atoms with Gasteiger partial charge in [0.1, 0.15) is 0 Å². The van der Waals surface area contributed by atoms with E-state index in [1.165, 1.54) is 36.4 Å². The number of nitrogens with zero attached hydrogens (tertiary/aromatic N) is 2. The van der Waals surface area contributed by atoms with Crippen LogP contribution in [-0.2, 0) is 6.54 Å². The molecule has 3 aromatic rings. The number of benzene rings is 2. The van der Waals surface area contributed by atoms with Gasteiger partial charge in [-0.2, -0.15) is 0 Å². The van der Waals surface area contributed by atoms with E-state index in [1.54, 1.807) is 6.07 Å². The number of ether oxygens (including phenoxy) is 1. The van der Waals surface area contributed by atoms with Gasteiger partial charge in [0.25, 0.3) is 0 Å². The topological polar surface area (TPSA) is 68.5 Å². The van der Waals surface area contributed by atoms with Crippen molar-refractivity contribution in [2.24, 2.45) is 5.73 Å². The lowest BCUT2D eigenvalue weighted by Crippen LogP contribution is -2.24. The Kier molecular flexibility index (Phi) is 6.57. The van der Waals surface area contributed by atoms with E-state index in [0.717, 1.165) is 31.5 Å². The second kappa shape index (κ2) is 9.71.